The third kappa shape index (κ3) is 4.43. The SMILES string of the molecule is Cn1c(-c2cc(N=C=S)cc(-c3nc4c(CN=C5CCCCC5)cccc4n3C)c2)cc2ccccc21. The molecule has 0 saturated heterocycles. The molecule has 0 atom stereocenters. The molecule has 2 aromatic heterocycles. The molecule has 1 aliphatic rings. The second kappa shape index (κ2) is 9.89. The lowest BCUT2D eigenvalue weighted by molar-refractivity contribution is 0.663. The Morgan fingerprint density at radius 1 is 0.865 bits per heavy atom. The first-order valence-corrected chi connectivity index (χ1v) is 13.3. The lowest BCUT2D eigenvalue weighted by Crippen LogP contribution is -2.05. The first kappa shape index (κ1) is 23.5. The van der Waals surface area contributed by atoms with Gasteiger partial charge in [-0.3, -0.25) is 4.99 Å². The van der Waals surface area contributed by atoms with E-state index in [0.717, 1.165) is 52.2 Å². The van der Waals surface area contributed by atoms with Gasteiger partial charge in [0.05, 0.1) is 28.4 Å². The van der Waals surface area contributed by atoms with Gasteiger partial charge in [0.15, 0.2) is 0 Å². The van der Waals surface area contributed by atoms with Crippen LogP contribution in [0.25, 0.3) is 44.6 Å². The average Bonchev–Trinajstić information content (AvgIpc) is 3.45. The molecule has 5 aromatic rings. The van der Waals surface area contributed by atoms with Crippen molar-refractivity contribution in [1.82, 2.24) is 14.1 Å². The smallest absolute Gasteiger partial charge is 0.140 e. The molecular formula is C31H29N5S. The molecule has 1 fully saturated rings. The largest absolute Gasteiger partial charge is 0.344 e. The van der Waals surface area contributed by atoms with Gasteiger partial charge >= 0.3 is 0 Å². The molecule has 0 amide bonds. The van der Waals surface area contributed by atoms with Crippen molar-refractivity contribution in [1.29, 1.82) is 0 Å². The van der Waals surface area contributed by atoms with Crippen LogP contribution >= 0.6 is 12.2 Å². The van der Waals surface area contributed by atoms with Crippen LogP contribution < -0.4 is 0 Å². The van der Waals surface area contributed by atoms with Crippen molar-refractivity contribution < 1.29 is 0 Å². The fraction of sp³-hybridized carbons (Fsp3) is 0.258. The number of aromatic nitrogens is 3. The van der Waals surface area contributed by atoms with Gasteiger partial charge in [-0.1, -0.05) is 36.8 Å². The van der Waals surface area contributed by atoms with Gasteiger partial charge < -0.3 is 9.13 Å². The second-order valence-corrected chi connectivity index (χ2v) is 10.0. The third-order valence-electron chi connectivity index (χ3n) is 7.50. The Bertz CT molecular complexity index is 1710. The van der Waals surface area contributed by atoms with Crippen LogP contribution in [0.5, 0.6) is 0 Å². The van der Waals surface area contributed by atoms with E-state index in [1.165, 1.54) is 41.4 Å². The molecular weight excluding hydrogens is 474 g/mol. The van der Waals surface area contributed by atoms with Crippen LogP contribution in [0.4, 0.5) is 5.69 Å². The number of imidazole rings is 1. The lowest BCUT2D eigenvalue weighted by atomic mass is 9.98. The van der Waals surface area contributed by atoms with Gasteiger partial charge in [0.1, 0.15) is 5.82 Å². The number of benzene rings is 3. The predicted molar refractivity (Wildman–Crippen MR) is 157 cm³/mol. The fourth-order valence-electron chi connectivity index (χ4n) is 5.54. The lowest BCUT2D eigenvalue weighted by Gasteiger charge is -2.12. The van der Waals surface area contributed by atoms with E-state index in [0.29, 0.717) is 6.54 Å². The van der Waals surface area contributed by atoms with Crippen molar-refractivity contribution in [3.8, 4) is 22.6 Å². The number of para-hydroxylation sites is 2. The monoisotopic (exact) mass is 503 g/mol. The first-order chi connectivity index (χ1) is 18.1. The zero-order chi connectivity index (χ0) is 25.4. The normalized spacial score (nSPS) is 13.7. The molecule has 2 heterocycles. The van der Waals surface area contributed by atoms with Gasteiger partial charge in [-0.05, 0) is 74.3 Å². The Hall–Kier alpha value is -3.86. The molecule has 0 bridgehead atoms. The van der Waals surface area contributed by atoms with Crippen LogP contribution in [-0.4, -0.2) is 25.0 Å². The van der Waals surface area contributed by atoms with Crippen molar-refractivity contribution in [2.75, 3.05) is 0 Å². The summed E-state index contributed by atoms with van der Waals surface area (Å²) < 4.78 is 4.38. The van der Waals surface area contributed by atoms with Crippen LogP contribution in [0.2, 0.25) is 0 Å². The molecule has 0 aliphatic heterocycles. The van der Waals surface area contributed by atoms with Crippen molar-refractivity contribution in [2.24, 2.45) is 24.1 Å². The Morgan fingerprint density at radius 2 is 1.65 bits per heavy atom. The molecule has 6 rings (SSSR count). The first-order valence-electron chi connectivity index (χ1n) is 12.9. The number of isothiocyanates is 1. The van der Waals surface area contributed by atoms with Crippen LogP contribution in [0.1, 0.15) is 37.7 Å². The number of aryl methyl sites for hydroxylation is 2. The number of nitrogens with zero attached hydrogens (tertiary/aromatic N) is 5. The summed E-state index contributed by atoms with van der Waals surface area (Å²) in [5.74, 6) is 0.897. The number of hydrogen-bond donors (Lipinski definition) is 0. The summed E-state index contributed by atoms with van der Waals surface area (Å²) in [6.07, 6.45) is 6.11. The summed E-state index contributed by atoms with van der Waals surface area (Å²) in [5.41, 5.74) is 9.77. The summed E-state index contributed by atoms with van der Waals surface area (Å²) in [4.78, 5) is 14.5. The van der Waals surface area contributed by atoms with Crippen molar-refractivity contribution in [2.45, 2.75) is 38.6 Å². The summed E-state index contributed by atoms with van der Waals surface area (Å²) in [6, 6.07) is 23.3. The molecule has 1 aliphatic carbocycles. The number of hydrogen-bond acceptors (Lipinski definition) is 4. The molecule has 0 unspecified atom stereocenters. The molecule has 0 radical (unpaired) electrons. The minimum absolute atomic E-state index is 0.680. The summed E-state index contributed by atoms with van der Waals surface area (Å²) in [7, 11) is 4.18. The van der Waals surface area contributed by atoms with Crippen LogP contribution in [0, 0.1) is 0 Å². The molecule has 0 N–H and O–H groups in total. The van der Waals surface area contributed by atoms with Gasteiger partial charge in [0.25, 0.3) is 0 Å². The minimum atomic E-state index is 0.680. The van der Waals surface area contributed by atoms with Crippen molar-refractivity contribution >= 4 is 50.7 Å². The van der Waals surface area contributed by atoms with Crippen molar-refractivity contribution in [3.05, 3.63) is 72.3 Å². The number of thiocarbonyl (C=S) groups is 1. The number of rotatable bonds is 5. The van der Waals surface area contributed by atoms with Crippen LogP contribution in [0.15, 0.2) is 76.7 Å². The second-order valence-electron chi connectivity index (χ2n) is 9.84. The molecule has 184 valence electrons. The van der Waals surface area contributed by atoms with Crippen LogP contribution in [-0.2, 0) is 20.6 Å². The Kier molecular flexibility index (Phi) is 6.29. The molecule has 0 spiro atoms. The molecule has 3 aromatic carbocycles. The van der Waals surface area contributed by atoms with E-state index in [1.807, 2.05) is 6.07 Å². The molecule has 37 heavy (non-hydrogen) atoms. The topological polar surface area (TPSA) is 47.5 Å². The quantitative estimate of drug-likeness (QED) is 0.180. The van der Waals surface area contributed by atoms with E-state index in [2.05, 4.69) is 94.0 Å². The fourth-order valence-corrected chi connectivity index (χ4v) is 5.65. The number of fused-ring (bicyclic) bond motifs is 2. The Balaban J connectivity index is 1.47. The van der Waals surface area contributed by atoms with E-state index in [9.17, 15) is 0 Å². The Labute approximate surface area is 222 Å². The Morgan fingerprint density at radius 3 is 2.46 bits per heavy atom. The van der Waals surface area contributed by atoms with E-state index in [4.69, 9.17) is 22.2 Å². The molecule has 6 heteroatoms. The predicted octanol–water partition coefficient (Wildman–Crippen LogP) is 8.04. The highest BCUT2D eigenvalue weighted by Crippen LogP contribution is 2.35. The summed E-state index contributed by atoms with van der Waals surface area (Å²) in [5, 5.41) is 3.75. The zero-order valence-corrected chi connectivity index (χ0v) is 22.1. The van der Waals surface area contributed by atoms with E-state index in [1.54, 1.807) is 0 Å². The van der Waals surface area contributed by atoms with E-state index in [-0.39, 0.29) is 0 Å². The molecule has 1 saturated carbocycles. The summed E-state index contributed by atoms with van der Waals surface area (Å²) in [6.45, 7) is 0.680. The van der Waals surface area contributed by atoms with Gasteiger partial charge in [-0.25, -0.2) is 4.98 Å². The van der Waals surface area contributed by atoms with Gasteiger partial charge in [-0.2, -0.15) is 4.99 Å². The van der Waals surface area contributed by atoms with Gasteiger partial charge in [0, 0.05) is 53.1 Å². The van der Waals surface area contributed by atoms with E-state index < -0.39 is 0 Å². The maximum Gasteiger partial charge on any atom is 0.140 e. The van der Waals surface area contributed by atoms with E-state index >= 15 is 0 Å². The highest BCUT2D eigenvalue weighted by molar-refractivity contribution is 7.78. The number of aliphatic imine (C=N–C) groups is 2. The minimum Gasteiger partial charge on any atom is -0.344 e. The maximum atomic E-state index is 5.15. The maximum absolute atomic E-state index is 5.15. The van der Waals surface area contributed by atoms with Gasteiger partial charge in [-0.15, -0.1) is 0 Å². The third-order valence-corrected chi connectivity index (χ3v) is 7.59. The van der Waals surface area contributed by atoms with Crippen molar-refractivity contribution in [3.63, 3.8) is 0 Å². The highest BCUT2D eigenvalue weighted by atomic mass is 32.1. The highest BCUT2D eigenvalue weighted by Gasteiger charge is 2.16. The zero-order valence-electron chi connectivity index (χ0n) is 21.2. The van der Waals surface area contributed by atoms with Crippen LogP contribution in [0.3, 0.4) is 0 Å². The molecule has 5 nitrogen and oxygen atoms in total. The van der Waals surface area contributed by atoms with Gasteiger partial charge in [0.2, 0.25) is 0 Å². The summed E-state index contributed by atoms with van der Waals surface area (Å²) >= 11 is 4.96. The average molecular weight is 504 g/mol. The standard InChI is InChI=1S/C31H29N5S/c1-35-27-13-7-6-9-21(27)18-29(35)23-15-24(17-26(16-23)33-20-37)31-34-30-22(10-8-14-28(30)36(31)2)19-32-25-11-4-3-5-12-25/h6-10,13-18H,3-5,11-12,19H2,1-2H3.